The Morgan fingerprint density at radius 1 is 1.32 bits per heavy atom. The number of rotatable bonds is 6. The molecular formula is C17H24N4O. The normalized spacial score (nSPS) is 16.5. The number of aromatic nitrogens is 2. The fraction of sp³-hybridized carbons (Fsp3) is 0.471. The second-order valence-corrected chi connectivity index (χ2v) is 6.03. The number of aryl methyl sites for hydroxylation is 1. The molecule has 0 aliphatic carbocycles. The molecule has 1 aliphatic heterocycles. The van der Waals surface area contributed by atoms with Gasteiger partial charge < -0.3 is 15.0 Å². The number of nitrogens with one attached hydrogen (secondary N) is 1. The second-order valence-electron chi connectivity index (χ2n) is 6.03. The number of hydrogen-bond donors (Lipinski definition) is 2. The van der Waals surface area contributed by atoms with Crippen LogP contribution in [0.4, 0.5) is 0 Å². The topological polar surface area (TPSA) is 53.3 Å². The molecule has 118 valence electrons. The molecule has 2 N–H and O–H groups in total. The van der Waals surface area contributed by atoms with E-state index in [1.54, 1.807) is 6.33 Å². The van der Waals surface area contributed by atoms with E-state index < -0.39 is 0 Å². The lowest BCUT2D eigenvalue weighted by molar-refractivity contribution is 0.104. The molecular weight excluding hydrogens is 276 g/mol. The van der Waals surface area contributed by atoms with E-state index in [2.05, 4.69) is 39.5 Å². The van der Waals surface area contributed by atoms with Crippen LogP contribution in [0.15, 0.2) is 36.8 Å². The molecule has 1 aliphatic rings. The van der Waals surface area contributed by atoms with Crippen molar-refractivity contribution < 1.29 is 5.11 Å². The lowest BCUT2D eigenvalue weighted by Crippen LogP contribution is -2.40. The number of nitrogens with zero attached hydrogens (tertiary/aromatic N) is 3. The number of fused-ring (bicyclic) bond motifs is 1. The fourth-order valence-electron chi connectivity index (χ4n) is 2.99. The molecule has 1 aromatic heterocycles. The zero-order chi connectivity index (χ0) is 15.4. The molecule has 0 fully saturated rings. The lowest BCUT2D eigenvalue weighted by atomic mass is 10.00. The predicted molar refractivity (Wildman–Crippen MR) is 86.3 cm³/mol. The van der Waals surface area contributed by atoms with Crippen LogP contribution >= 0.6 is 0 Å². The highest BCUT2D eigenvalue weighted by molar-refractivity contribution is 5.29. The largest absolute Gasteiger partial charge is 0.390 e. The standard InChI is InChI=1S/C17H24N4O/c1-20-13-19-9-16(20)8-18-10-17(22)12-21-7-6-14-4-2-3-5-15(14)11-21/h2-5,9,13,17-18,22H,6-8,10-12H2,1H3/t17-/m1/s1. The van der Waals surface area contributed by atoms with Crippen LogP contribution in [-0.4, -0.2) is 45.3 Å². The van der Waals surface area contributed by atoms with E-state index in [9.17, 15) is 5.11 Å². The van der Waals surface area contributed by atoms with Gasteiger partial charge in [-0.25, -0.2) is 4.98 Å². The zero-order valence-electron chi connectivity index (χ0n) is 13.1. The Morgan fingerprint density at radius 2 is 2.14 bits per heavy atom. The highest BCUT2D eigenvalue weighted by Crippen LogP contribution is 2.18. The van der Waals surface area contributed by atoms with Gasteiger partial charge in [-0.3, -0.25) is 4.90 Å². The van der Waals surface area contributed by atoms with Crippen LogP contribution in [0.1, 0.15) is 16.8 Å². The number of β-amino-alcohol motifs (C(OH)–C–C–N with tert-alkyl or cyclic N) is 1. The highest BCUT2D eigenvalue weighted by Gasteiger charge is 2.18. The van der Waals surface area contributed by atoms with Crippen LogP contribution in [-0.2, 0) is 26.6 Å². The van der Waals surface area contributed by atoms with Crippen LogP contribution in [0, 0.1) is 0 Å². The van der Waals surface area contributed by atoms with Crippen LogP contribution < -0.4 is 5.32 Å². The van der Waals surface area contributed by atoms with Crippen molar-refractivity contribution in [2.75, 3.05) is 19.6 Å². The molecule has 2 aromatic rings. The number of aliphatic hydroxyl groups is 1. The maximum absolute atomic E-state index is 10.2. The molecule has 0 bridgehead atoms. The minimum absolute atomic E-state index is 0.349. The molecule has 2 heterocycles. The molecule has 0 saturated carbocycles. The number of benzene rings is 1. The molecule has 0 saturated heterocycles. The van der Waals surface area contributed by atoms with Crippen LogP contribution in [0.3, 0.4) is 0 Å². The van der Waals surface area contributed by atoms with E-state index in [0.29, 0.717) is 13.1 Å². The summed E-state index contributed by atoms with van der Waals surface area (Å²) in [6, 6.07) is 8.59. The van der Waals surface area contributed by atoms with Crippen molar-refractivity contribution >= 4 is 0 Å². The molecule has 1 aromatic carbocycles. The monoisotopic (exact) mass is 300 g/mol. The third kappa shape index (κ3) is 3.74. The number of imidazole rings is 1. The summed E-state index contributed by atoms with van der Waals surface area (Å²) < 4.78 is 1.99. The van der Waals surface area contributed by atoms with Crippen molar-refractivity contribution in [3.63, 3.8) is 0 Å². The van der Waals surface area contributed by atoms with Crippen LogP contribution in [0.25, 0.3) is 0 Å². The van der Waals surface area contributed by atoms with Gasteiger partial charge in [-0.2, -0.15) is 0 Å². The Labute approximate surface area is 131 Å². The molecule has 5 nitrogen and oxygen atoms in total. The molecule has 0 spiro atoms. The Bertz CT molecular complexity index is 610. The first-order chi connectivity index (χ1) is 10.7. The minimum Gasteiger partial charge on any atom is -0.390 e. The molecule has 22 heavy (non-hydrogen) atoms. The van der Waals surface area contributed by atoms with Gasteiger partial charge in [-0.1, -0.05) is 24.3 Å². The fourth-order valence-corrected chi connectivity index (χ4v) is 2.99. The van der Waals surface area contributed by atoms with Gasteiger partial charge in [0.2, 0.25) is 0 Å². The summed E-state index contributed by atoms with van der Waals surface area (Å²) in [5, 5.41) is 13.5. The maximum Gasteiger partial charge on any atom is 0.0945 e. The average molecular weight is 300 g/mol. The molecule has 3 rings (SSSR count). The van der Waals surface area contributed by atoms with E-state index in [-0.39, 0.29) is 6.10 Å². The van der Waals surface area contributed by atoms with Crippen molar-refractivity contribution in [1.29, 1.82) is 0 Å². The quantitative estimate of drug-likeness (QED) is 0.833. The Kier molecular flexibility index (Phi) is 4.87. The smallest absolute Gasteiger partial charge is 0.0945 e. The maximum atomic E-state index is 10.2. The predicted octanol–water partition coefficient (Wildman–Crippen LogP) is 0.929. The van der Waals surface area contributed by atoms with Gasteiger partial charge in [-0.05, 0) is 17.5 Å². The Balaban J connectivity index is 1.43. The number of hydrogen-bond acceptors (Lipinski definition) is 4. The minimum atomic E-state index is -0.349. The van der Waals surface area contributed by atoms with Gasteiger partial charge in [0.15, 0.2) is 0 Å². The van der Waals surface area contributed by atoms with Gasteiger partial charge in [0.05, 0.1) is 18.1 Å². The molecule has 0 unspecified atom stereocenters. The summed E-state index contributed by atoms with van der Waals surface area (Å²) in [7, 11) is 1.98. The highest BCUT2D eigenvalue weighted by atomic mass is 16.3. The van der Waals surface area contributed by atoms with Gasteiger partial charge in [0.1, 0.15) is 0 Å². The van der Waals surface area contributed by atoms with Gasteiger partial charge in [-0.15, -0.1) is 0 Å². The number of aliphatic hydroxyl groups excluding tert-OH is 1. The summed E-state index contributed by atoms with van der Waals surface area (Å²) in [5.41, 5.74) is 3.96. The molecule has 5 heteroatoms. The van der Waals surface area contributed by atoms with E-state index in [4.69, 9.17) is 0 Å². The van der Waals surface area contributed by atoms with Gasteiger partial charge >= 0.3 is 0 Å². The first kappa shape index (κ1) is 15.2. The second kappa shape index (κ2) is 7.05. The van der Waals surface area contributed by atoms with Crippen molar-refractivity contribution in [2.45, 2.75) is 25.6 Å². The zero-order valence-corrected chi connectivity index (χ0v) is 13.1. The van der Waals surface area contributed by atoms with E-state index in [0.717, 1.165) is 31.7 Å². The van der Waals surface area contributed by atoms with Gasteiger partial charge in [0, 0.05) is 46.0 Å². The summed E-state index contributed by atoms with van der Waals surface area (Å²) in [6.07, 6.45) is 4.36. The van der Waals surface area contributed by atoms with E-state index in [1.807, 2.05) is 17.8 Å². The van der Waals surface area contributed by atoms with Crippen LogP contribution in [0.2, 0.25) is 0 Å². The van der Waals surface area contributed by atoms with Crippen molar-refractivity contribution in [1.82, 2.24) is 19.8 Å². The summed E-state index contributed by atoms with van der Waals surface area (Å²) in [6.45, 7) is 4.01. The summed E-state index contributed by atoms with van der Waals surface area (Å²) in [5.74, 6) is 0. The molecule has 1 atom stereocenters. The van der Waals surface area contributed by atoms with E-state index in [1.165, 1.54) is 11.1 Å². The lowest BCUT2D eigenvalue weighted by Gasteiger charge is -2.30. The first-order valence-corrected chi connectivity index (χ1v) is 7.85. The first-order valence-electron chi connectivity index (χ1n) is 7.85. The summed E-state index contributed by atoms with van der Waals surface area (Å²) >= 11 is 0. The Hall–Kier alpha value is -1.69. The van der Waals surface area contributed by atoms with Gasteiger partial charge in [0.25, 0.3) is 0 Å². The third-order valence-electron chi connectivity index (χ3n) is 4.28. The van der Waals surface area contributed by atoms with E-state index >= 15 is 0 Å². The van der Waals surface area contributed by atoms with Crippen LogP contribution in [0.5, 0.6) is 0 Å². The van der Waals surface area contributed by atoms with Crippen molar-refractivity contribution in [3.8, 4) is 0 Å². The average Bonchev–Trinajstić information content (AvgIpc) is 2.92. The summed E-state index contributed by atoms with van der Waals surface area (Å²) in [4.78, 5) is 6.42. The van der Waals surface area contributed by atoms with Crippen molar-refractivity contribution in [2.24, 2.45) is 7.05 Å². The van der Waals surface area contributed by atoms with Crippen molar-refractivity contribution in [3.05, 3.63) is 53.6 Å². The Morgan fingerprint density at radius 3 is 2.91 bits per heavy atom. The SMILES string of the molecule is Cn1cncc1CNC[C@@H](O)CN1CCc2ccccc2C1. The third-order valence-corrected chi connectivity index (χ3v) is 4.28. The molecule has 0 amide bonds. The molecule has 0 radical (unpaired) electrons.